The zero-order chi connectivity index (χ0) is 17.7. The van der Waals surface area contributed by atoms with E-state index in [9.17, 15) is 8.42 Å². The van der Waals surface area contributed by atoms with E-state index in [1.165, 1.54) is 0 Å². The summed E-state index contributed by atoms with van der Waals surface area (Å²) in [5.41, 5.74) is 0.994. The molecule has 1 aromatic heterocycles. The molecule has 3 rings (SSSR count). The maximum atomic E-state index is 12.2. The fourth-order valence-electron chi connectivity index (χ4n) is 2.89. The van der Waals surface area contributed by atoms with Gasteiger partial charge in [-0.25, -0.2) is 8.42 Å². The number of hydrogen-bond acceptors (Lipinski definition) is 5. The molecule has 1 fully saturated rings. The Morgan fingerprint density at radius 2 is 1.80 bits per heavy atom. The molecule has 1 aliphatic heterocycles. The molecule has 1 N–H and O–H groups in total. The van der Waals surface area contributed by atoms with E-state index in [1.807, 2.05) is 36.4 Å². The Hall–Kier alpha value is -2.15. The molecule has 0 spiro atoms. The number of nitrogens with zero attached hydrogens (tertiary/aromatic N) is 3. The van der Waals surface area contributed by atoms with Crippen LogP contribution in [0, 0.1) is 5.92 Å². The quantitative estimate of drug-likeness (QED) is 0.857. The van der Waals surface area contributed by atoms with Crippen molar-refractivity contribution in [2.24, 2.45) is 5.92 Å². The highest BCUT2D eigenvalue weighted by Gasteiger charge is 2.18. The topological polar surface area (TPSA) is 75.2 Å². The van der Waals surface area contributed by atoms with Crippen molar-refractivity contribution in [2.75, 3.05) is 28.5 Å². The lowest BCUT2D eigenvalue weighted by Crippen LogP contribution is -2.33. The highest BCUT2D eigenvalue weighted by molar-refractivity contribution is 7.92. The van der Waals surface area contributed by atoms with Gasteiger partial charge in [0, 0.05) is 13.1 Å². The Balaban J connectivity index is 1.57. The van der Waals surface area contributed by atoms with E-state index in [2.05, 4.69) is 26.7 Å². The van der Waals surface area contributed by atoms with Gasteiger partial charge in [0.05, 0.1) is 5.75 Å². The van der Waals surface area contributed by atoms with E-state index >= 15 is 0 Å². The second kappa shape index (κ2) is 7.82. The first-order chi connectivity index (χ1) is 12.0. The highest BCUT2D eigenvalue weighted by atomic mass is 32.2. The van der Waals surface area contributed by atoms with Gasteiger partial charge in [-0.3, -0.25) is 4.72 Å². The Morgan fingerprint density at radius 1 is 1.08 bits per heavy atom. The molecule has 0 atom stereocenters. The molecular formula is C18H24N4O2S. The molecule has 0 unspecified atom stereocenters. The van der Waals surface area contributed by atoms with Crippen molar-refractivity contribution in [1.82, 2.24) is 10.2 Å². The molecule has 1 saturated heterocycles. The zero-order valence-corrected chi connectivity index (χ0v) is 15.2. The predicted octanol–water partition coefficient (Wildman–Crippen LogP) is 2.70. The van der Waals surface area contributed by atoms with Crippen molar-refractivity contribution < 1.29 is 8.42 Å². The number of aromatic nitrogens is 2. The van der Waals surface area contributed by atoms with Gasteiger partial charge in [-0.05, 0) is 42.9 Å². The van der Waals surface area contributed by atoms with E-state index < -0.39 is 10.0 Å². The van der Waals surface area contributed by atoms with Crippen LogP contribution in [0.2, 0.25) is 0 Å². The van der Waals surface area contributed by atoms with E-state index in [4.69, 9.17) is 0 Å². The number of hydrogen-bond donors (Lipinski definition) is 1. The second-order valence-corrected chi connectivity index (χ2v) is 8.44. The van der Waals surface area contributed by atoms with Crippen LogP contribution in [0.3, 0.4) is 0 Å². The third-order valence-electron chi connectivity index (χ3n) is 4.52. The average Bonchev–Trinajstić information content (AvgIpc) is 2.62. The molecule has 7 heteroatoms. The Morgan fingerprint density at radius 3 is 2.44 bits per heavy atom. The van der Waals surface area contributed by atoms with Gasteiger partial charge in [0.1, 0.15) is 0 Å². The lowest BCUT2D eigenvalue weighted by molar-refractivity contribution is 0.436. The Kier molecular flexibility index (Phi) is 5.53. The average molecular weight is 360 g/mol. The van der Waals surface area contributed by atoms with Gasteiger partial charge in [-0.1, -0.05) is 37.3 Å². The standard InChI is InChI=1S/C18H24N4O2S/c1-15-9-12-22(13-10-15)18-8-7-17(19-20-18)21-25(23,24)14-11-16-5-3-2-4-6-16/h2-8,15H,9-14H2,1H3,(H,19,21). The Labute approximate surface area is 149 Å². The summed E-state index contributed by atoms with van der Waals surface area (Å²) in [5, 5.41) is 8.21. The SMILES string of the molecule is CC1CCN(c2ccc(NS(=O)(=O)CCc3ccccc3)nn2)CC1. The van der Waals surface area contributed by atoms with Gasteiger partial charge in [-0.15, -0.1) is 10.2 Å². The molecule has 6 nitrogen and oxygen atoms in total. The summed E-state index contributed by atoms with van der Waals surface area (Å²) in [4.78, 5) is 2.20. The number of rotatable bonds is 6. The number of aryl methyl sites for hydroxylation is 1. The van der Waals surface area contributed by atoms with Crippen LogP contribution >= 0.6 is 0 Å². The minimum absolute atomic E-state index is 0.0183. The first kappa shape index (κ1) is 17.7. The minimum Gasteiger partial charge on any atom is -0.355 e. The lowest BCUT2D eigenvalue weighted by Gasteiger charge is -2.30. The van der Waals surface area contributed by atoms with Crippen molar-refractivity contribution in [3.8, 4) is 0 Å². The number of anilines is 2. The lowest BCUT2D eigenvalue weighted by atomic mass is 9.99. The van der Waals surface area contributed by atoms with Crippen LogP contribution in [-0.4, -0.2) is 37.5 Å². The van der Waals surface area contributed by atoms with Crippen LogP contribution in [0.1, 0.15) is 25.3 Å². The molecule has 0 radical (unpaired) electrons. The van der Waals surface area contributed by atoms with E-state index in [-0.39, 0.29) is 11.6 Å². The summed E-state index contributed by atoms with van der Waals surface area (Å²) in [6.45, 7) is 4.20. The normalized spacial score (nSPS) is 16.0. The van der Waals surface area contributed by atoms with Gasteiger partial charge in [0.25, 0.3) is 0 Å². The minimum atomic E-state index is -3.44. The zero-order valence-electron chi connectivity index (χ0n) is 14.4. The predicted molar refractivity (Wildman–Crippen MR) is 100 cm³/mol. The summed E-state index contributed by atoms with van der Waals surface area (Å²) < 4.78 is 26.9. The van der Waals surface area contributed by atoms with Gasteiger partial charge in [0.2, 0.25) is 10.0 Å². The second-order valence-electron chi connectivity index (χ2n) is 6.60. The van der Waals surface area contributed by atoms with Crippen LogP contribution < -0.4 is 9.62 Å². The summed E-state index contributed by atoms with van der Waals surface area (Å²) in [6.07, 6.45) is 2.76. The van der Waals surface area contributed by atoms with Crippen LogP contribution in [0.25, 0.3) is 0 Å². The molecule has 0 saturated carbocycles. The van der Waals surface area contributed by atoms with Crippen molar-refractivity contribution in [3.05, 3.63) is 48.0 Å². The van der Waals surface area contributed by atoms with Crippen LogP contribution in [-0.2, 0) is 16.4 Å². The molecule has 1 aliphatic rings. The third-order valence-corrected chi connectivity index (χ3v) is 5.78. The molecule has 0 bridgehead atoms. The largest absolute Gasteiger partial charge is 0.355 e. The number of benzene rings is 1. The molecule has 1 aromatic carbocycles. The highest BCUT2D eigenvalue weighted by Crippen LogP contribution is 2.21. The van der Waals surface area contributed by atoms with Gasteiger partial charge >= 0.3 is 0 Å². The summed E-state index contributed by atoms with van der Waals surface area (Å²) in [6, 6.07) is 13.1. The first-order valence-electron chi connectivity index (χ1n) is 8.65. The number of sulfonamides is 1. The summed E-state index contributed by atoms with van der Waals surface area (Å²) >= 11 is 0. The van der Waals surface area contributed by atoms with Crippen LogP contribution in [0.5, 0.6) is 0 Å². The van der Waals surface area contributed by atoms with E-state index in [0.29, 0.717) is 6.42 Å². The number of nitrogens with one attached hydrogen (secondary N) is 1. The van der Waals surface area contributed by atoms with Gasteiger partial charge in [0.15, 0.2) is 11.6 Å². The van der Waals surface area contributed by atoms with Crippen LogP contribution in [0.15, 0.2) is 42.5 Å². The van der Waals surface area contributed by atoms with Crippen molar-refractivity contribution in [1.29, 1.82) is 0 Å². The van der Waals surface area contributed by atoms with Crippen molar-refractivity contribution in [2.45, 2.75) is 26.2 Å². The van der Waals surface area contributed by atoms with Gasteiger partial charge in [-0.2, -0.15) is 0 Å². The molecule has 0 amide bonds. The molecule has 0 aliphatic carbocycles. The fraction of sp³-hybridized carbons (Fsp3) is 0.444. The molecule has 2 aromatic rings. The van der Waals surface area contributed by atoms with E-state index in [0.717, 1.165) is 43.2 Å². The molecular weight excluding hydrogens is 336 g/mol. The summed E-state index contributed by atoms with van der Waals surface area (Å²) in [7, 11) is -3.44. The number of piperidine rings is 1. The Bertz CT molecular complexity index is 770. The molecule has 134 valence electrons. The monoisotopic (exact) mass is 360 g/mol. The summed E-state index contributed by atoms with van der Waals surface area (Å²) in [5.74, 6) is 1.84. The maximum Gasteiger partial charge on any atom is 0.234 e. The first-order valence-corrected chi connectivity index (χ1v) is 10.3. The smallest absolute Gasteiger partial charge is 0.234 e. The third kappa shape index (κ3) is 5.16. The van der Waals surface area contributed by atoms with E-state index in [1.54, 1.807) is 6.07 Å². The fourth-order valence-corrected chi connectivity index (χ4v) is 3.93. The van der Waals surface area contributed by atoms with Crippen molar-refractivity contribution >= 4 is 21.7 Å². The molecule has 2 heterocycles. The van der Waals surface area contributed by atoms with Gasteiger partial charge < -0.3 is 4.90 Å². The maximum absolute atomic E-state index is 12.2. The molecule has 25 heavy (non-hydrogen) atoms. The van der Waals surface area contributed by atoms with Crippen molar-refractivity contribution in [3.63, 3.8) is 0 Å². The van der Waals surface area contributed by atoms with Crippen LogP contribution in [0.4, 0.5) is 11.6 Å².